The van der Waals surface area contributed by atoms with Crippen LogP contribution in [0.5, 0.6) is 0 Å². The highest BCUT2D eigenvalue weighted by atomic mass is 35.5. The molecule has 8 heteroatoms. The van der Waals surface area contributed by atoms with Crippen molar-refractivity contribution in [2.45, 2.75) is 36.5 Å². The van der Waals surface area contributed by atoms with Gasteiger partial charge in [0.2, 0.25) is 0 Å². The second kappa shape index (κ2) is 10.5. The molecule has 1 aliphatic heterocycles. The number of nitrogens with one attached hydrogen (secondary N) is 1. The second-order valence-electron chi connectivity index (χ2n) is 8.85. The molecule has 5 nitrogen and oxygen atoms in total. The lowest BCUT2D eigenvalue weighted by Gasteiger charge is -2.37. The van der Waals surface area contributed by atoms with E-state index < -0.39 is 16.0 Å². The molecule has 0 saturated heterocycles. The van der Waals surface area contributed by atoms with E-state index in [1.165, 1.54) is 17.9 Å². The van der Waals surface area contributed by atoms with Crippen LogP contribution in [0.2, 0.25) is 5.02 Å². The average Bonchev–Trinajstić information content (AvgIpc) is 2.80. The monoisotopic (exact) mass is 501 g/mol. The van der Waals surface area contributed by atoms with E-state index in [0.29, 0.717) is 11.6 Å². The zero-order valence-corrected chi connectivity index (χ0v) is 20.6. The Morgan fingerprint density at radius 1 is 1.12 bits per heavy atom. The van der Waals surface area contributed by atoms with Crippen molar-refractivity contribution in [1.29, 1.82) is 0 Å². The fourth-order valence-electron chi connectivity index (χ4n) is 4.45. The molecule has 1 aliphatic rings. The van der Waals surface area contributed by atoms with E-state index in [2.05, 4.69) is 10.2 Å². The number of halogens is 2. The van der Waals surface area contributed by atoms with Crippen LogP contribution in [0.3, 0.4) is 0 Å². The molecular weight excluding hydrogens is 473 g/mol. The summed E-state index contributed by atoms with van der Waals surface area (Å²) in [5, 5.41) is 4.02. The van der Waals surface area contributed by atoms with E-state index in [9.17, 15) is 12.8 Å². The molecule has 0 bridgehead atoms. The number of nitrogens with zero attached hydrogens (tertiary/aromatic N) is 1. The van der Waals surface area contributed by atoms with Gasteiger partial charge in [-0.2, -0.15) is 0 Å². The number of nitrogens with two attached hydrogens (primary N) is 1. The molecule has 0 saturated carbocycles. The normalized spacial score (nSPS) is 17.4. The highest BCUT2D eigenvalue weighted by Gasteiger charge is 2.26. The molecule has 3 N–H and O–H groups in total. The Labute approximate surface area is 205 Å². The number of benzene rings is 3. The van der Waals surface area contributed by atoms with E-state index in [-0.39, 0.29) is 16.8 Å². The third-order valence-electron chi connectivity index (χ3n) is 6.31. The van der Waals surface area contributed by atoms with Crippen molar-refractivity contribution in [1.82, 2.24) is 10.2 Å². The summed E-state index contributed by atoms with van der Waals surface area (Å²) in [5.74, 6) is -0.207. The van der Waals surface area contributed by atoms with Crippen molar-refractivity contribution < 1.29 is 12.8 Å². The Morgan fingerprint density at radius 2 is 1.88 bits per heavy atom. The van der Waals surface area contributed by atoms with Gasteiger partial charge in [0, 0.05) is 37.0 Å². The predicted molar refractivity (Wildman–Crippen MR) is 134 cm³/mol. The maximum Gasteiger partial charge on any atom is 0.175 e. The summed E-state index contributed by atoms with van der Waals surface area (Å²) in [4.78, 5) is 2.65. The van der Waals surface area contributed by atoms with Gasteiger partial charge < -0.3 is 5.73 Å². The summed E-state index contributed by atoms with van der Waals surface area (Å²) in [7, 11) is -3.29. The highest BCUT2D eigenvalue weighted by Crippen LogP contribution is 2.26. The molecule has 0 aromatic heterocycles. The van der Waals surface area contributed by atoms with Crippen molar-refractivity contribution in [2.24, 2.45) is 5.73 Å². The molecule has 3 aromatic rings. The third-order valence-corrected chi connectivity index (χ3v) is 7.67. The van der Waals surface area contributed by atoms with Gasteiger partial charge in [-0.3, -0.25) is 10.2 Å². The Hall–Kier alpha value is -2.29. The number of sulfone groups is 1. The molecule has 34 heavy (non-hydrogen) atoms. The lowest BCUT2D eigenvalue weighted by atomic mass is 9.90. The van der Waals surface area contributed by atoms with Gasteiger partial charge in [-0.1, -0.05) is 41.9 Å². The van der Waals surface area contributed by atoms with Gasteiger partial charge in [-0.15, -0.1) is 0 Å². The molecule has 3 aromatic carbocycles. The molecule has 2 atom stereocenters. The first kappa shape index (κ1) is 24.8. The number of hydrogen-bond acceptors (Lipinski definition) is 5. The van der Waals surface area contributed by atoms with Crippen LogP contribution in [0.1, 0.15) is 28.4 Å². The zero-order valence-electron chi connectivity index (χ0n) is 19.0. The van der Waals surface area contributed by atoms with Gasteiger partial charge in [-0.25, -0.2) is 12.8 Å². The number of fused-ring (bicyclic) bond motifs is 1. The maximum absolute atomic E-state index is 13.9. The summed E-state index contributed by atoms with van der Waals surface area (Å²) in [5.41, 5.74) is 10.4. The van der Waals surface area contributed by atoms with E-state index in [4.69, 9.17) is 17.3 Å². The topological polar surface area (TPSA) is 75.4 Å². The largest absolute Gasteiger partial charge is 0.312 e. The second-order valence-corrected chi connectivity index (χ2v) is 11.3. The van der Waals surface area contributed by atoms with Crippen molar-refractivity contribution in [3.8, 4) is 0 Å². The van der Waals surface area contributed by atoms with Gasteiger partial charge in [0.05, 0.1) is 11.1 Å². The number of rotatable bonds is 8. The van der Waals surface area contributed by atoms with Crippen LogP contribution < -0.4 is 11.1 Å². The third kappa shape index (κ3) is 6.23. The first-order chi connectivity index (χ1) is 16.2. The summed E-state index contributed by atoms with van der Waals surface area (Å²) in [6.45, 7) is 2.10. The van der Waals surface area contributed by atoms with E-state index in [1.54, 1.807) is 24.3 Å². The van der Waals surface area contributed by atoms with Gasteiger partial charge in [0.15, 0.2) is 9.84 Å². The van der Waals surface area contributed by atoms with E-state index >= 15 is 0 Å². The molecule has 0 aliphatic carbocycles. The van der Waals surface area contributed by atoms with Gasteiger partial charge in [-0.05, 0) is 71.5 Å². The van der Waals surface area contributed by atoms with Crippen LogP contribution in [0, 0.1) is 5.82 Å². The molecule has 0 radical (unpaired) electrons. The lowest BCUT2D eigenvalue weighted by Crippen LogP contribution is -2.45. The minimum atomic E-state index is -3.29. The van der Waals surface area contributed by atoms with E-state index in [0.717, 1.165) is 42.6 Å². The maximum atomic E-state index is 13.9. The SMILES string of the molecule is CS(=O)(=O)c1cccc(C(N)NCCN2Cc3ccc(F)cc3CC2Cc2ccc(Cl)cc2)c1. The molecule has 0 spiro atoms. The summed E-state index contributed by atoms with van der Waals surface area (Å²) in [6.07, 6.45) is 2.29. The molecule has 180 valence electrons. The molecular formula is C26H29ClFN3O2S. The Kier molecular flexibility index (Phi) is 7.70. The van der Waals surface area contributed by atoms with Gasteiger partial charge in [0.1, 0.15) is 5.82 Å². The number of hydrogen-bond donors (Lipinski definition) is 2. The van der Waals surface area contributed by atoms with Crippen LogP contribution in [0.25, 0.3) is 0 Å². The van der Waals surface area contributed by atoms with Crippen LogP contribution in [-0.2, 0) is 29.2 Å². The van der Waals surface area contributed by atoms with Gasteiger partial charge >= 0.3 is 0 Å². The fraction of sp³-hybridized carbons (Fsp3) is 0.308. The summed E-state index contributed by atoms with van der Waals surface area (Å²) >= 11 is 6.05. The predicted octanol–water partition coefficient (Wildman–Crippen LogP) is 4.10. The standard InChI is InChI=1S/C26H29ClFN3O2S/c1-34(32,33)25-4-2-3-19(16-25)26(29)30-11-12-31-17-20-7-10-23(28)14-21(20)15-24(31)13-18-5-8-22(27)9-6-18/h2-10,14,16,24,26,30H,11-13,15,17,29H2,1H3. The first-order valence-corrected chi connectivity index (χ1v) is 13.5. The molecule has 0 fully saturated rings. The first-order valence-electron chi connectivity index (χ1n) is 11.2. The van der Waals surface area contributed by atoms with Crippen molar-refractivity contribution in [3.05, 3.63) is 99.8 Å². The van der Waals surface area contributed by atoms with Crippen LogP contribution >= 0.6 is 11.6 Å². The van der Waals surface area contributed by atoms with Gasteiger partial charge in [0.25, 0.3) is 0 Å². The van der Waals surface area contributed by atoms with Crippen molar-refractivity contribution >= 4 is 21.4 Å². The van der Waals surface area contributed by atoms with E-state index in [1.807, 2.05) is 36.4 Å². The summed E-state index contributed by atoms with van der Waals surface area (Å²) in [6, 6.07) is 19.8. The van der Waals surface area contributed by atoms with Crippen LogP contribution in [0.4, 0.5) is 4.39 Å². The molecule has 1 heterocycles. The fourth-order valence-corrected chi connectivity index (χ4v) is 5.25. The minimum Gasteiger partial charge on any atom is -0.312 e. The minimum absolute atomic E-state index is 0.207. The quantitative estimate of drug-likeness (QED) is 0.454. The van der Waals surface area contributed by atoms with Crippen LogP contribution in [0.15, 0.2) is 71.6 Å². The smallest absolute Gasteiger partial charge is 0.175 e. The Morgan fingerprint density at radius 3 is 2.62 bits per heavy atom. The van der Waals surface area contributed by atoms with Crippen molar-refractivity contribution in [2.75, 3.05) is 19.3 Å². The Bertz CT molecular complexity index is 1250. The molecule has 2 unspecified atom stereocenters. The lowest BCUT2D eigenvalue weighted by molar-refractivity contribution is 0.168. The molecule has 4 rings (SSSR count). The Balaban J connectivity index is 1.44. The van der Waals surface area contributed by atoms with Crippen LogP contribution in [-0.4, -0.2) is 38.7 Å². The highest BCUT2D eigenvalue weighted by molar-refractivity contribution is 7.90. The van der Waals surface area contributed by atoms with Crippen molar-refractivity contribution in [3.63, 3.8) is 0 Å². The molecule has 0 amide bonds. The average molecular weight is 502 g/mol. The summed E-state index contributed by atoms with van der Waals surface area (Å²) < 4.78 is 37.6. The zero-order chi connectivity index (χ0) is 24.3.